The molecule has 0 bridgehead atoms. The summed E-state index contributed by atoms with van der Waals surface area (Å²) >= 11 is 0. The second kappa shape index (κ2) is 5.77. The summed E-state index contributed by atoms with van der Waals surface area (Å²) < 4.78 is 2.39. The van der Waals surface area contributed by atoms with Gasteiger partial charge in [-0.05, 0) is 57.6 Å². The van der Waals surface area contributed by atoms with Gasteiger partial charge in [0.1, 0.15) is 0 Å². The van der Waals surface area contributed by atoms with Gasteiger partial charge in [-0.3, -0.25) is 0 Å². The molecule has 2 nitrogen and oxygen atoms in total. The predicted octanol–water partition coefficient (Wildman–Crippen LogP) is 6.40. The van der Waals surface area contributed by atoms with E-state index >= 15 is 0 Å². The third kappa shape index (κ3) is 2.94. The van der Waals surface area contributed by atoms with Gasteiger partial charge in [0.2, 0.25) is 0 Å². The van der Waals surface area contributed by atoms with Crippen LogP contribution >= 0.6 is 0 Å². The van der Waals surface area contributed by atoms with Crippen LogP contribution in [0.3, 0.4) is 0 Å². The number of fused-ring (bicyclic) bond motifs is 2. The average Bonchev–Trinajstić information content (AvgIpc) is 3.19. The van der Waals surface area contributed by atoms with E-state index in [9.17, 15) is 0 Å². The minimum atomic E-state index is 0.0496. The first-order valence-electron chi connectivity index (χ1n) is 9.41. The number of benzene rings is 2. The van der Waals surface area contributed by atoms with Crippen LogP contribution in [0.15, 0.2) is 60.9 Å². The molecule has 0 atom stereocenters. The normalized spacial score (nSPS) is 13.0. The Morgan fingerprint density at radius 3 is 2.35 bits per heavy atom. The molecule has 1 N–H and O–H groups in total. The van der Waals surface area contributed by atoms with Crippen molar-refractivity contribution in [1.82, 2.24) is 9.55 Å². The van der Waals surface area contributed by atoms with E-state index in [4.69, 9.17) is 0 Å². The lowest BCUT2D eigenvalue weighted by molar-refractivity contribution is 0.443. The third-order valence-corrected chi connectivity index (χ3v) is 5.54. The topological polar surface area (TPSA) is 20.7 Å². The average molecular weight is 345 g/mol. The standard InChI is InChI=1S/C24H28N2/c1-23(2,3)19-8-9-22-18(14-19)11-13-26(22)16-24(4,5)20-7-6-17-10-12-25-21(17)15-20/h6-15,25H,16H2,1-5H3. The molecule has 0 amide bonds. The number of aromatic amines is 1. The number of H-pyrrole nitrogens is 1. The highest BCUT2D eigenvalue weighted by atomic mass is 15.0. The number of hydrogen-bond acceptors (Lipinski definition) is 0. The quantitative estimate of drug-likeness (QED) is 0.444. The van der Waals surface area contributed by atoms with Crippen molar-refractivity contribution < 1.29 is 0 Å². The molecule has 134 valence electrons. The lowest BCUT2D eigenvalue weighted by Gasteiger charge is -2.27. The summed E-state index contributed by atoms with van der Waals surface area (Å²) in [6.45, 7) is 12.4. The van der Waals surface area contributed by atoms with Crippen molar-refractivity contribution in [3.8, 4) is 0 Å². The Labute approximate surface area is 155 Å². The van der Waals surface area contributed by atoms with E-state index < -0.39 is 0 Å². The molecule has 0 unspecified atom stereocenters. The molecule has 0 saturated heterocycles. The van der Waals surface area contributed by atoms with Crippen LogP contribution in [0.4, 0.5) is 0 Å². The van der Waals surface area contributed by atoms with Crippen molar-refractivity contribution in [3.05, 3.63) is 72.1 Å². The number of aromatic nitrogens is 2. The van der Waals surface area contributed by atoms with Crippen LogP contribution in [0.25, 0.3) is 21.8 Å². The van der Waals surface area contributed by atoms with Crippen LogP contribution in [0.2, 0.25) is 0 Å². The molecule has 2 aromatic heterocycles. The zero-order valence-corrected chi connectivity index (χ0v) is 16.4. The molecule has 2 heteroatoms. The Kier molecular flexibility index (Phi) is 3.76. The van der Waals surface area contributed by atoms with E-state index in [2.05, 4.69) is 98.9 Å². The van der Waals surface area contributed by atoms with E-state index in [1.54, 1.807) is 0 Å². The van der Waals surface area contributed by atoms with Gasteiger partial charge in [-0.2, -0.15) is 0 Å². The van der Waals surface area contributed by atoms with Crippen molar-refractivity contribution in [2.75, 3.05) is 0 Å². The number of nitrogens with zero attached hydrogens (tertiary/aromatic N) is 1. The minimum absolute atomic E-state index is 0.0496. The first-order chi connectivity index (χ1) is 12.2. The number of nitrogens with one attached hydrogen (secondary N) is 1. The lowest BCUT2D eigenvalue weighted by atomic mass is 9.84. The van der Waals surface area contributed by atoms with Crippen LogP contribution in [0.1, 0.15) is 45.7 Å². The van der Waals surface area contributed by atoms with Crippen molar-refractivity contribution in [2.24, 2.45) is 0 Å². The summed E-state index contributed by atoms with van der Waals surface area (Å²) in [7, 11) is 0. The number of rotatable bonds is 3. The second-order valence-electron chi connectivity index (χ2n) is 9.13. The highest BCUT2D eigenvalue weighted by Gasteiger charge is 2.23. The van der Waals surface area contributed by atoms with Crippen LogP contribution in [-0.2, 0) is 17.4 Å². The minimum Gasteiger partial charge on any atom is -0.361 e. The van der Waals surface area contributed by atoms with E-state index in [1.807, 2.05) is 6.20 Å². The lowest BCUT2D eigenvalue weighted by Crippen LogP contribution is -2.24. The zero-order chi connectivity index (χ0) is 18.5. The molecule has 2 aromatic carbocycles. The smallest absolute Gasteiger partial charge is 0.0480 e. The molecule has 0 saturated carbocycles. The molecule has 4 rings (SSSR count). The predicted molar refractivity (Wildman–Crippen MR) is 112 cm³/mol. The molecule has 26 heavy (non-hydrogen) atoms. The SMILES string of the molecule is CC(C)(C)c1ccc2c(ccn2CC(C)(C)c2ccc3cc[nH]c3c2)c1. The van der Waals surface area contributed by atoms with Gasteiger partial charge >= 0.3 is 0 Å². The zero-order valence-electron chi connectivity index (χ0n) is 16.4. The third-order valence-electron chi connectivity index (χ3n) is 5.54. The van der Waals surface area contributed by atoms with E-state index in [0.717, 1.165) is 6.54 Å². The fraction of sp³-hybridized carbons (Fsp3) is 0.333. The van der Waals surface area contributed by atoms with Crippen molar-refractivity contribution in [1.29, 1.82) is 0 Å². The van der Waals surface area contributed by atoms with Gasteiger partial charge in [0, 0.05) is 35.4 Å². The molecule has 0 spiro atoms. The monoisotopic (exact) mass is 344 g/mol. The molecular weight excluding hydrogens is 316 g/mol. The van der Waals surface area contributed by atoms with Gasteiger partial charge in [0.25, 0.3) is 0 Å². The van der Waals surface area contributed by atoms with Crippen LogP contribution in [0.5, 0.6) is 0 Å². The Balaban J connectivity index is 1.69. The van der Waals surface area contributed by atoms with Crippen LogP contribution in [-0.4, -0.2) is 9.55 Å². The number of hydrogen-bond donors (Lipinski definition) is 1. The molecule has 4 aromatic rings. The summed E-state index contributed by atoms with van der Waals surface area (Å²) in [5.41, 5.74) is 5.50. The Morgan fingerprint density at radius 1 is 0.808 bits per heavy atom. The van der Waals surface area contributed by atoms with E-state index in [-0.39, 0.29) is 10.8 Å². The van der Waals surface area contributed by atoms with Gasteiger partial charge in [-0.15, -0.1) is 0 Å². The van der Waals surface area contributed by atoms with Crippen molar-refractivity contribution in [2.45, 2.75) is 52.0 Å². The van der Waals surface area contributed by atoms with Gasteiger partial charge in [-0.1, -0.05) is 52.8 Å². The maximum atomic E-state index is 3.33. The van der Waals surface area contributed by atoms with Crippen LogP contribution in [0, 0.1) is 0 Å². The largest absolute Gasteiger partial charge is 0.361 e. The second-order valence-corrected chi connectivity index (χ2v) is 9.13. The first-order valence-corrected chi connectivity index (χ1v) is 9.41. The van der Waals surface area contributed by atoms with Crippen molar-refractivity contribution in [3.63, 3.8) is 0 Å². The van der Waals surface area contributed by atoms with Gasteiger partial charge in [0.05, 0.1) is 0 Å². The molecule has 0 fully saturated rings. The maximum Gasteiger partial charge on any atom is 0.0480 e. The Bertz CT molecular complexity index is 1070. The molecule has 2 heterocycles. The highest BCUT2D eigenvalue weighted by Crippen LogP contribution is 2.31. The molecule has 0 aliphatic heterocycles. The fourth-order valence-corrected chi connectivity index (χ4v) is 3.79. The fourth-order valence-electron chi connectivity index (χ4n) is 3.79. The van der Waals surface area contributed by atoms with Gasteiger partial charge < -0.3 is 9.55 Å². The van der Waals surface area contributed by atoms with Gasteiger partial charge in [-0.25, -0.2) is 0 Å². The van der Waals surface area contributed by atoms with E-state index in [0.29, 0.717) is 0 Å². The summed E-state index contributed by atoms with van der Waals surface area (Å²) in [5.74, 6) is 0. The van der Waals surface area contributed by atoms with Gasteiger partial charge in [0.15, 0.2) is 0 Å². The van der Waals surface area contributed by atoms with Crippen molar-refractivity contribution >= 4 is 21.8 Å². The Hall–Kier alpha value is -2.48. The summed E-state index contributed by atoms with van der Waals surface area (Å²) in [6.07, 6.45) is 4.24. The first kappa shape index (κ1) is 17.0. The molecule has 0 aliphatic carbocycles. The highest BCUT2D eigenvalue weighted by molar-refractivity contribution is 5.82. The van der Waals surface area contributed by atoms with E-state index in [1.165, 1.54) is 32.9 Å². The molecule has 0 radical (unpaired) electrons. The maximum absolute atomic E-state index is 3.33. The Morgan fingerprint density at radius 2 is 1.58 bits per heavy atom. The van der Waals surface area contributed by atoms with Crippen LogP contribution < -0.4 is 0 Å². The molecular formula is C24H28N2. The summed E-state index contributed by atoms with van der Waals surface area (Å²) in [6, 6.07) is 18.0. The summed E-state index contributed by atoms with van der Waals surface area (Å²) in [4.78, 5) is 3.33. The molecule has 0 aliphatic rings. The summed E-state index contributed by atoms with van der Waals surface area (Å²) in [5, 5.41) is 2.60.